The SMILES string of the molecule is C=C(C)C=C(O)CCCCC. The molecular weight excluding hydrogens is 136 g/mol. The fourth-order valence-corrected chi connectivity index (χ4v) is 0.913. The van der Waals surface area contributed by atoms with Gasteiger partial charge in [-0.2, -0.15) is 0 Å². The topological polar surface area (TPSA) is 20.2 Å². The van der Waals surface area contributed by atoms with E-state index in [4.69, 9.17) is 0 Å². The lowest BCUT2D eigenvalue weighted by Crippen LogP contribution is -1.82. The zero-order valence-corrected chi connectivity index (χ0v) is 7.56. The molecule has 0 unspecified atom stereocenters. The van der Waals surface area contributed by atoms with Gasteiger partial charge in [-0.1, -0.05) is 31.9 Å². The van der Waals surface area contributed by atoms with Crippen LogP contribution in [0.2, 0.25) is 0 Å². The molecule has 0 aromatic heterocycles. The smallest absolute Gasteiger partial charge is 0.0925 e. The number of hydrogen-bond acceptors (Lipinski definition) is 1. The van der Waals surface area contributed by atoms with E-state index in [2.05, 4.69) is 13.5 Å². The Balaban J connectivity index is 3.51. The van der Waals surface area contributed by atoms with Crippen molar-refractivity contribution < 1.29 is 5.11 Å². The Labute approximate surface area is 69.4 Å². The molecule has 1 nitrogen and oxygen atoms in total. The van der Waals surface area contributed by atoms with E-state index in [1.54, 1.807) is 6.08 Å². The molecule has 11 heavy (non-hydrogen) atoms. The summed E-state index contributed by atoms with van der Waals surface area (Å²) < 4.78 is 0. The van der Waals surface area contributed by atoms with Crippen LogP contribution in [-0.4, -0.2) is 5.11 Å². The Bertz CT molecular complexity index is 145. The molecule has 0 rings (SSSR count). The average molecular weight is 154 g/mol. The first kappa shape index (κ1) is 10.3. The number of aliphatic hydroxyl groups is 1. The Morgan fingerprint density at radius 3 is 2.55 bits per heavy atom. The summed E-state index contributed by atoms with van der Waals surface area (Å²) in [6.07, 6.45) is 5.98. The molecule has 0 aliphatic carbocycles. The van der Waals surface area contributed by atoms with Crippen molar-refractivity contribution in [3.8, 4) is 0 Å². The summed E-state index contributed by atoms with van der Waals surface area (Å²) in [5, 5.41) is 9.25. The van der Waals surface area contributed by atoms with E-state index in [1.165, 1.54) is 12.8 Å². The number of allylic oxidation sites excluding steroid dienone is 3. The molecule has 0 fully saturated rings. The Morgan fingerprint density at radius 1 is 1.45 bits per heavy atom. The van der Waals surface area contributed by atoms with Crippen LogP contribution in [0.3, 0.4) is 0 Å². The van der Waals surface area contributed by atoms with Gasteiger partial charge in [-0.25, -0.2) is 0 Å². The van der Waals surface area contributed by atoms with Crippen molar-refractivity contribution in [1.29, 1.82) is 0 Å². The second-order valence-electron chi connectivity index (χ2n) is 2.94. The van der Waals surface area contributed by atoms with Crippen molar-refractivity contribution in [2.75, 3.05) is 0 Å². The van der Waals surface area contributed by atoms with Gasteiger partial charge in [0.05, 0.1) is 5.76 Å². The van der Waals surface area contributed by atoms with E-state index in [9.17, 15) is 5.11 Å². The van der Waals surface area contributed by atoms with Gasteiger partial charge >= 0.3 is 0 Å². The van der Waals surface area contributed by atoms with Crippen molar-refractivity contribution in [2.45, 2.75) is 39.5 Å². The van der Waals surface area contributed by atoms with Crippen molar-refractivity contribution >= 4 is 0 Å². The van der Waals surface area contributed by atoms with Crippen LogP contribution in [0.25, 0.3) is 0 Å². The van der Waals surface area contributed by atoms with Gasteiger partial charge in [0, 0.05) is 6.42 Å². The molecule has 0 spiro atoms. The van der Waals surface area contributed by atoms with Crippen molar-refractivity contribution in [2.24, 2.45) is 0 Å². The second kappa shape index (κ2) is 6.02. The Hall–Kier alpha value is -0.720. The van der Waals surface area contributed by atoms with Gasteiger partial charge in [-0.3, -0.25) is 0 Å². The molecule has 0 saturated carbocycles. The van der Waals surface area contributed by atoms with Gasteiger partial charge in [-0.15, -0.1) is 0 Å². The van der Waals surface area contributed by atoms with Crippen molar-refractivity contribution in [1.82, 2.24) is 0 Å². The summed E-state index contributed by atoms with van der Waals surface area (Å²) in [6, 6.07) is 0. The summed E-state index contributed by atoms with van der Waals surface area (Å²) in [5.41, 5.74) is 0.916. The minimum Gasteiger partial charge on any atom is -0.512 e. The zero-order chi connectivity index (χ0) is 8.69. The number of rotatable bonds is 5. The summed E-state index contributed by atoms with van der Waals surface area (Å²) >= 11 is 0. The summed E-state index contributed by atoms with van der Waals surface area (Å²) in [5.74, 6) is 0.464. The van der Waals surface area contributed by atoms with Crippen LogP contribution < -0.4 is 0 Å². The highest BCUT2D eigenvalue weighted by Crippen LogP contribution is 2.07. The summed E-state index contributed by atoms with van der Waals surface area (Å²) in [6.45, 7) is 7.72. The van der Waals surface area contributed by atoms with E-state index < -0.39 is 0 Å². The molecule has 0 amide bonds. The number of aliphatic hydroxyl groups excluding tert-OH is 1. The van der Waals surface area contributed by atoms with Crippen LogP contribution in [0.1, 0.15) is 39.5 Å². The van der Waals surface area contributed by atoms with Gasteiger partial charge in [0.25, 0.3) is 0 Å². The molecule has 0 heterocycles. The largest absolute Gasteiger partial charge is 0.512 e. The van der Waals surface area contributed by atoms with Gasteiger partial charge in [0.15, 0.2) is 0 Å². The van der Waals surface area contributed by atoms with Gasteiger partial charge in [0.1, 0.15) is 0 Å². The molecular formula is C10H18O. The van der Waals surface area contributed by atoms with E-state index in [-0.39, 0.29) is 0 Å². The first-order valence-corrected chi connectivity index (χ1v) is 4.22. The quantitative estimate of drug-likeness (QED) is 0.364. The van der Waals surface area contributed by atoms with Crippen LogP contribution in [0, 0.1) is 0 Å². The lowest BCUT2D eigenvalue weighted by Gasteiger charge is -1.98. The third-order valence-corrected chi connectivity index (χ3v) is 1.45. The molecule has 0 radical (unpaired) electrons. The highest BCUT2D eigenvalue weighted by atomic mass is 16.3. The monoisotopic (exact) mass is 154 g/mol. The minimum absolute atomic E-state index is 0.464. The van der Waals surface area contributed by atoms with Gasteiger partial charge in [-0.05, 0) is 19.4 Å². The van der Waals surface area contributed by atoms with Crippen LogP contribution in [0.4, 0.5) is 0 Å². The maximum Gasteiger partial charge on any atom is 0.0925 e. The fourth-order valence-electron chi connectivity index (χ4n) is 0.913. The standard InChI is InChI=1S/C10H18O/c1-4-5-6-7-10(11)8-9(2)3/h8,11H,2,4-7H2,1,3H3. The predicted molar refractivity (Wildman–Crippen MR) is 49.7 cm³/mol. The van der Waals surface area contributed by atoms with E-state index >= 15 is 0 Å². The third kappa shape index (κ3) is 7.17. The maximum atomic E-state index is 9.25. The van der Waals surface area contributed by atoms with Crippen LogP contribution in [0.15, 0.2) is 24.0 Å². The minimum atomic E-state index is 0.464. The highest BCUT2D eigenvalue weighted by Gasteiger charge is 1.92. The summed E-state index contributed by atoms with van der Waals surface area (Å²) in [4.78, 5) is 0. The lowest BCUT2D eigenvalue weighted by atomic mass is 10.1. The maximum absolute atomic E-state index is 9.25. The Kier molecular flexibility index (Phi) is 5.63. The molecule has 0 aliphatic heterocycles. The van der Waals surface area contributed by atoms with E-state index in [0.717, 1.165) is 18.4 Å². The molecule has 0 aromatic carbocycles. The normalized spacial score (nSPS) is 11.6. The zero-order valence-electron chi connectivity index (χ0n) is 7.56. The van der Waals surface area contributed by atoms with Crippen LogP contribution in [0.5, 0.6) is 0 Å². The summed E-state index contributed by atoms with van der Waals surface area (Å²) in [7, 11) is 0. The number of hydrogen-bond donors (Lipinski definition) is 1. The van der Waals surface area contributed by atoms with Gasteiger partial charge in [0.2, 0.25) is 0 Å². The lowest BCUT2D eigenvalue weighted by molar-refractivity contribution is 0.381. The molecule has 0 atom stereocenters. The van der Waals surface area contributed by atoms with Gasteiger partial charge < -0.3 is 5.11 Å². The Morgan fingerprint density at radius 2 is 2.09 bits per heavy atom. The van der Waals surface area contributed by atoms with Crippen molar-refractivity contribution in [3.05, 3.63) is 24.0 Å². The highest BCUT2D eigenvalue weighted by molar-refractivity contribution is 5.13. The van der Waals surface area contributed by atoms with Crippen molar-refractivity contribution in [3.63, 3.8) is 0 Å². The number of unbranched alkanes of at least 4 members (excludes halogenated alkanes) is 2. The fraction of sp³-hybridized carbons (Fsp3) is 0.600. The molecule has 0 aromatic rings. The van der Waals surface area contributed by atoms with E-state index in [1.807, 2.05) is 6.92 Å². The molecule has 1 heteroatoms. The van der Waals surface area contributed by atoms with Crippen LogP contribution >= 0.6 is 0 Å². The molecule has 64 valence electrons. The average Bonchev–Trinajstić information content (AvgIpc) is 1.86. The molecule has 0 aliphatic rings. The molecule has 0 saturated heterocycles. The first-order chi connectivity index (χ1) is 5.16. The predicted octanol–water partition coefficient (Wildman–Crippen LogP) is 3.58. The third-order valence-electron chi connectivity index (χ3n) is 1.45. The first-order valence-electron chi connectivity index (χ1n) is 4.22. The second-order valence-corrected chi connectivity index (χ2v) is 2.94. The van der Waals surface area contributed by atoms with E-state index in [0.29, 0.717) is 5.76 Å². The van der Waals surface area contributed by atoms with Crippen LogP contribution in [-0.2, 0) is 0 Å². The molecule has 0 bridgehead atoms. The molecule has 1 N–H and O–H groups in total.